The minimum absolute atomic E-state index is 0.0925. The van der Waals surface area contributed by atoms with Crippen molar-refractivity contribution in [2.75, 3.05) is 31.6 Å². The van der Waals surface area contributed by atoms with Crippen molar-refractivity contribution in [3.05, 3.63) is 78.0 Å². The van der Waals surface area contributed by atoms with Crippen LogP contribution in [0.1, 0.15) is 29.8 Å². The molecule has 2 heterocycles. The number of benzene rings is 2. The average molecular weight is 462 g/mol. The third-order valence-electron chi connectivity index (χ3n) is 5.69. The summed E-state index contributed by atoms with van der Waals surface area (Å²) in [6, 6.07) is 19.2. The second-order valence-corrected chi connectivity index (χ2v) is 8.47. The van der Waals surface area contributed by atoms with Crippen molar-refractivity contribution in [2.24, 2.45) is 0 Å². The molecular weight excluding hydrogens is 430 g/mol. The Morgan fingerprint density at radius 1 is 1.09 bits per heavy atom. The van der Waals surface area contributed by atoms with Gasteiger partial charge in [-0.1, -0.05) is 18.2 Å². The number of ether oxygens (including phenoxy) is 3. The van der Waals surface area contributed by atoms with E-state index in [1.165, 1.54) is 0 Å². The molecule has 2 aromatic carbocycles. The van der Waals surface area contributed by atoms with E-state index in [1.807, 2.05) is 56.3 Å². The Morgan fingerprint density at radius 3 is 2.62 bits per heavy atom. The number of hydrogen-bond donors (Lipinski definition) is 1. The van der Waals surface area contributed by atoms with Crippen LogP contribution in [0.4, 0.5) is 5.82 Å². The van der Waals surface area contributed by atoms with E-state index < -0.39 is 0 Å². The molecule has 178 valence electrons. The molecule has 4 rings (SSSR count). The maximum atomic E-state index is 12.8. The summed E-state index contributed by atoms with van der Waals surface area (Å²) in [6.45, 7) is 6.02. The third-order valence-corrected chi connectivity index (χ3v) is 5.69. The Bertz CT molecular complexity index is 1100. The van der Waals surface area contributed by atoms with Crippen molar-refractivity contribution < 1.29 is 19.0 Å². The fourth-order valence-electron chi connectivity index (χ4n) is 4.08. The van der Waals surface area contributed by atoms with Crippen LogP contribution < -0.4 is 19.7 Å². The van der Waals surface area contributed by atoms with Crippen molar-refractivity contribution in [1.29, 1.82) is 0 Å². The van der Waals surface area contributed by atoms with Gasteiger partial charge in [0.2, 0.25) is 0 Å². The van der Waals surface area contributed by atoms with Gasteiger partial charge < -0.3 is 24.4 Å². The summed E-state index contributed by atoms with van der Waals surface area (Å²) < 4.78 is 16.9. The first-order valence-electron chi connectivity index (χ1n) is 11.6. The van der Waals surface area contributed by atoms with Gasteiger partial charge in [-0.3, -0.25) is 0 Å². The number of anilines is 1. The minimum Gasteiger partial charge on any atom is -0.497 e. The number of aromatic nitrogens is 1. The summed E-state index contributed by atoms with van der Waals surface area (Å²) in [5, 5.41) is 3.48. The fraction of sp³-hybridized carbons (Fsp3) is 0.333. The predicted octanol–water partition coefficient (Wildman–Crippen LogP) is 4.47. The molecule has 0 aliphatic carbocycles. The van der Waals surface area contributed by atoms with Gasteiger partial charge in [0.25, 0.3) is 0 Å². The molecule has 1 aromatic heterocycles. The highest BCUT2D eigenvalue weighted by Crippen LogP contribution is 2.30. The molecule has 0 amide bonds. The molecule has 1 N–H and O–H groups in total. The molecular formula is C27H31N3O4. The Kier molecular flexibility index (Phi) is 7.65. The summed E-state index contributed by atoms with van der Waals surface area (Å²) in [5.41, 5.74) is 1.57. The molecule has 1 aliphatic heterocycles. The molecule has 0 spiro atoms. The van der Waals surface area contributed by atoms with Crippen LogP contribution in [-0.4, -0.2) is 49.8 Å². The smallest absolute Gasteiger partial charge is 0.342 e. The van der Waals surface area contributed by atoms with E-state index in [2.05, 4.69) is 21.3 Å². The number of pyridine rings is 1. The van der Waals surface area contributed by atoms with Crippen LogP contribution in [0.3, 0.4) is 0 Å². The molecule has 1 saturated heterocycles. The Labute approximate surface area is 200 Å². The van der Waals surface area contributed by atoms with E-state index in [9.17, 15) is 4.79 Å². The second kappa shape index (κ2) is 11.0. The van der Waals surface area contributed by atoms with E-state index in [0.717, 1.165) is 48.9 Å². The number of para-hydroxylation sites is 1. The fourth-order valence-corrected chi connectivity index (χ4v) is 4.08. The van der Waals surface area contributed by atoms with Crippen molar-refractivity contribution >= 4 is 11.8 Å². The first kappa shape index (κ1) is 23.6. The molecule has 1 fully saturated rings. The highest BCUT2D eigenvalue weighted by molar-refractivity contribution is 5.95. The Morgan fingerprint density at radius 2 is 1.85 bits per heavy atom. The van der Waals surface area contributed by atoms with E-state index in [1.54, 1.807) is 25.4 Å². The van der Waals surface area contributed by atoms with E-state index in [-0.39, 0.29) is 18.1 Å². The number of carbonyl (C=O) groups excluding carboxylic acids is 1. The monoisotopic (exact) mass is 461 g/mol. The van der Waals surface area contributed by atoms with Gasteiger partial charge in [-0.2, -0.15) is 0 Å². The van der Waals surface area contributed by atoms with Crippen LogP contribution in [0.15, 0.2) is 66.9 Å². The lowest BCUT2D eigenvalue weighted by Gasteiger charge is -2.38. The van der Waals surface area contributed by atoms with E-state index in [4.69, 9.17) is 14.2 Å². The highest BCUT2D eigenvalue weighted by atomic mass is 16.5. The van der Waals surface area contributed by atoms with E-state index >= 15 is 0 Å². The van der Waals surface area contributed by atoms with Gasteiger partial charge in [-0.05, 0) is 68.3 Å². The summed E-state index contributed by atoms with van der Waals surface area (Å²) >= 11 is 0. The normalized spacial score (nSPS) is 15.8. The molecule has 7 nitrogen and oxygen atoms in total. The first-order chi connectivity index (χ1) is 16.5. The Hall–Kier alpha value is -3.58. The molecule has 34 heavy (non-hydrogen) atoms. The molecule has 1 aliphatic rings. The lowest BCUT2D eigenvalue weighted by Crippen LogP contribution is -2.53. The van der Waals surface area contributed by atoms with Gasteiger partial charge in [-0.15, -0.1) is 0 Å². The first-order valence-corrected chi connectivity index (χ1v) is 11.6. The van der Waals surface area contributed by atoms with Gasteiger partial charge in [0.1, 0.15) is 28.6 Å². The minimum atomic E-state index is -0.348. The van der Waals surface area contributed by atoms with Crippen molar-refractivity contribution in [2.45, 2.75) is 32.4 Å². The zero-order valence-electron chi connectivity index (χ0n) is 19.9. The summed E-state index contributed by atoms with van der Waals surface area (Å²) in [4.78, 5) is 19.5. The van der Waals surface area contributed by atoms with Crippen LogP contribution in [0.2, 0.25) is 0 Å². The molecule has 1 atom stereocenters. The molecule has 0 saturated carbocycles. The number of rotatable bonds is 8. The summed E-state index contributed by atoms with van der Waals surface area (Å²) in [6.07, 6.45) is 2.26. The van der Waals surface area contributed by atoms with Crippen molar-refractivity contribution in [3.8, 4) is 17.2 Å². The summed E-state index contributed by atoms with van der Waals surface area (Å²) in [5.74, 6) is 2.65. The average Bonchev–Trinajstić information content (AvgIpc) is 2.85. The van der Waals surface area contributed by atoms with Crippen LogP contribution in [0.25, 0.3) is 0 Å². The maximum Gasteiger partial charge on any atom is 0.342 e. The third kappa shape index (κ3) is 5.66. The standard InChI is InChI=1S/C27H31N3O4/c1-19(2)33-27(31)24-8-6-14-29-26(24)30-16-15-28-18-21(30)17-20-7-4-5-9-25(20)34-23-12-10-22(32-3)11-13-23/h4-14,19,21,28H,15-18H2,1-3H3. The quantitative estimate of drug-likeness (QED) is 0.496. The summed E-state index contributed by atoms with van der Waals surface area (Å²) in [7, 11) is 1.64. The zero-order valence-corrected chi connectivity index (χ0v) is 19.9. The van der Waals surface area contributed by atoms with Gasteiger partial charge in [0, 0.05) is 31.9 Å². The van der Waals surface area contributed by atoms with Crippen molar-refractivity contribution in [3.63, 3.8) is 0 Å². The van der Waals surface area contributed by atoms with Crippen molar-refractivity contribution in [1.82, 2.24) is 10.3 Å². The van der Waals surface area contributed by atoms with Gasteiger partial charge in [-0.25, -0.2) is 9.78 Å². The van der Waals surface area contributed by atoms with Crippen LogP contribution >= 0.6 is 0 Å². The van der Waals surface area contributed by atoms with Gasteiger partial charge in [0.05, 0.1) is 13.2 Å². The maximum absolute atomic E-state index is 12.8. The lowest BCUT2D eigenvalue weighted by atomic mass is 10.0. The van der Waals surface area contributed by atoms with Crippen LogP contribution in [-0.2, 0) is 11.2 Å². The van der Waals surface area contributed by atoms with E-state index in [0.29, 0.717) is 11.4 Å². The van der Waals surface area contributed by atoms with Gasteiger partial charge >= 0.3 is 5.97 Å². The molecule has 0 bridgehead atoms. The molecule has 0 radical (unpaired) electrons. The largest absolute Gasteiger partial charge is 0.497 e. The number of piperazine rings is 1. The topological polar surface area (TPSA) is 72.9 Å². The SMILES string of the molecule is COc1ccc(Oc2ccccc2CC2CNCCN2c2ncccc2C(=O)OC(C)C)cc1. The molecule has 7 heteroatoms. The highest BCUT2D eigenvalue weighted by Gasteiger charge is 2.28. The molecule has 3 aromatic rings. The van der Waals surface area contributed by atoms with Crippen LogP contribution in [0, 0.1) is 0 Å². The number of hydrogen-bond acceptors (Lipinski definition) is 7. The number of carbonyl (C=O) groups is 1. The number of esters is 1. The number of nitrogens with one attached hydrogen (secondary N) is 1. The zero-order chi connectivity index (χ0) is 23.9. The number of methoxy groups -OCH3 is 1. The Balaban J connectivity index is 1.58. The molecule has 1 unspecified atom stereocenters. The van der Waals surface area contributed by atoms with Gasteiger partial charge in [0.15, 0.2) is 0 Å². The number of nitrogens with zero attached hydrogens (tertiary/aromatic N) is 2. The predicted molar refractivity (Wildman–Crippen MR) is 132 cm³/mol. The lowest BCUT2D eigenvalue weighted by molar-refractivity contribution is 0.0378. The van der Waals surface area contributed by atoms with Crippen LogP contribution in [0.5, 0.6) is 17.2 Å². The second-order valence-electron chi connectivity index (χ2n) is 8.47.